The lowest BCUT2D eigenvalue weighted by molar-refractivity contribution is 0.0697. The van der Waals surface area contributed by atoms with Crippen LogP contribution in [0, 0.1) is 0 Å². The van der Waals surface area contributed by atoms with Gasteiger partial charge in [0.2, 0.25) is 0 Å². The van der Waals surface area contributed by atoms with Gasteiger partial charge in [0.1, 0.15) is 17.7 Å². The van der Waals surface area contributed by atoms with Gasteiger partial charge in [0.25, 0.3) is 0 Å². The zero-order valence-corrected chi connectivity index (χ0v) is 10.2. The van der Waals surface area contributed by atoms with E-state index in [1.54, 1.807) is 0 Å². The first-order valence-electron chi connectivity index (χ1n) is 6.10. The second-order valence-corrected chi connectivity index (χ2v) is 4.59. The molecule has 1 fully saturated rings. The number of nitrogens with one attached hydrogen (secondary N) is 1. The van der Waals surface area contributed by atoms with Crippen LogP contribution in [-0.2, 0) is 0 Å². The number of anilines is 1. The van der Waals surface area contributed by atoms with E-state index in [9.17, 15) is 4.79 Å². The van der Waals surface area contributed by atoms with Gasteiger partial charge in [-0.15, -0.1) is 0 Å². The molecule has 0 radical (unpaired) electrons. The van der Waals surface area contributed by atoms with Crippen molar-refractivity contribution >= 4 is 11.8 Å². The van der Waals surface area contributed by atoms with E-state index >= 15 is 0 Å². The molecule has 2 aromatic rings. The molecule has 0 spiro atoms. The normalized spacial score (nSPS) is 20.8. The van der Waals surface area contributed by atoms with Gasteiger partial charge in [-0.1, -0.05) is 30.3 Å². The van der Waals surface area contributed by atoms with Crippen molar-refractivity contribution in [2.75, 3.05) is 5.32 Å². The van der Waals surface area contributed by atoms with Crippen LogP contribution in [0.25, 0.3) is 0 Å². The number of nitrogens with zero attached hydrogens (tertiary/aromatic N) is 2. The van der Waals surface area contributed by atoms with Gasteiger partial charge in [0, 0.05) is 18.2 Å². The summed E-state index contributed by atoms with van der Waals surface area (Å²) < 4.78 is 0. The molecule has 96 valence electrons. The average molecular weight is 255 g/mol. The first kappa shape index (κ1) is 11.6. The molecule has 0 bridgehead atoms. The predicted octanol–water partition coefficient (Wildman–Crippen LogP) is 2.14. The highest BCUT2D eigenvalue weighted by atomic mass is 16.4. The quantitative estimate of drug-likeness (QED) is 0.875. The predicted molar refractivity (Wildman–Crippen MR) is 70.2 cm³/mol. The van der Waals surface area contributed by atoms with Crippen LogP contribution in [0.2, 0.25) is 0 Å². The third-order valence-corrected chi connectivity index (χ3v) is 3.28. The number of aromatic carboxylic acids is 1. The molecule has 0 amide bonds. The van der Waals surface area contributed by atoms with Crippen LogP contribution in [0.5, 0.6) is 0 Å². The zero-order valence-electron chi connectivity index (χ0n) is 10.2. The first-order valence-corrected chi connectivity index (χ1v) is 6.10. The van der Waals surface area contributed by atoms with Crippen molar-refractivity contribution in [1.82, 2.24) is 9.97 Å². The van der Waals surface area contributed by atoms with E-state index in [-0.39, 0.29) is 11.6 Å². The number of benzene rings is 1. The number of hydrogen-bond acceptors (Lipinski definition) is 4. The molecule has 1 heterocycles. The van der Waals surface area contributed by atoms with Crippen LogP contribution >= 0.6 is 0 Å². The maximum atomic E-state index is 11.1. The summed E-state index contributed by atoms with van der Waals surface area (Å²) in [6.07, 6.45) is 3.67. The van der Waals surface area contributed by atoms with Crippen molar-refractivity contribution < 1.29 is 9.90 Å². The molecule has 0 aliphatic heterocycles. The molecule has 1 aromatic heterocycles. The molecule has 19 heavy (non-hydrogen) atoms. The average Bonchev–Trinajstić information content (AvgIpc) is 3.19. The summed E-state index contributed by atoms with van der Waals surface area (Å²) in [4.78, 5) is 18.8. The molecule has 1 aliphatic rings. The lowest BCUT2D eigenvalue weighted by atomic mass is 10.1. The van der Waals surface area contributed by atoms with Gasteiger partial charge in [0.15, 0.2) is 0 Å². The second kappa shape index (κ2) is 4.68. The first-order chi connectivity index (χ1) is 9.25. The molecule has 5 nitrogen and oxygen atoms in total. The Hall–Kier alpha value is -2.43. The largest absolute Gasteiger partial charge is 0.477 e. The van der Waals surface area contributed by atoms with Crippen molar-refractivity contribution in [1.29, 1.82) is 0 Å². The van der Waals surface area contributed by atoms with E-state index in [0.29, 0.717) is 11.7 Å². The van der Waals surface area contributed by atoms with Gasteiger partial charge in [-0.3, -0.25) is 0 Å². The number of aromatic nitrogens is 2. The molecule has 0 saturated heterocycles. The third kappa shape index (κ3) is 2.40. The van der Waals surface area contributed by atoms with Crippen molar-refractivity contribution in [3.8, 4) is 0 Å². The molecule has 1 saturated carbocycles. The Morgan fingerprint density at radius 3 is 2.84 bits per heavy atom. The Bertz CT molecular complexity index is 601. The highest BCUT2D eigenvalue weighted by molar-refractivity contribution is 5.92. The number of carbonyl (C=O) groups is 1. The Morgan fingerprint density at radius 1 is 1.32 bits per heavy atom. The minimum Gasteiger partial charge on any atom is -0.477 e. The number of carboxylic acids is 1. The van der Waals surface area contributed by atoms with E-state index in [1.165, 1.54) is 18.1 Å². The van der Waals surface area contributed by atoms with E-state index in [1.807, 2.05) is 18.2 Å². The summed E-state index contributed by atoms with van der Waals surface area (Å²) in [5, 5.41) is 12.2. The lowest BCUT2D eigenvalue weighted by Crippen LogP contribution is -2.11. The van der Waals surface area contributed by atoms with E-state index in [0.717, 1.165) is 6.42 Å². The fourth-order valence-electron chi connectivity index (χ4n) is 2.20. The molecular formula is C14H13N3O2. The fourth-order valence-corrected chi connectivity index (χ4v) is 2.20. The van der Waals surface area contributed by atoms with Crippen LogP contribution in [0.4, 0.5) is 5.82 Å². The van der Waals surface area contributed by atoms with Crippen molar-refractivity contribution in [2.45, 2.75) is 18.4 Å². The summed E-state index contributed by atoms with van der Waals surface area (Å²) >= 11 is 0. The van der Waals surface area contributed by atoms with Gasteiger partial charge in [-0.05, 0) is 12.0 Å². The van der Waals surface area contributed by atoms with Crippen LogP contribution in [0.1, 0.15) is 28.3 Å². The summed E-state index contributed by atoms with van der Waals surface area (Å²) in [6, 6.07) is 10.4. The summed E-state index contributed by atoms with van der Waals surface area (Å²) in [7, 11) is 0. The highest BCUT2D eigenvalue weighted by Gasteiger charge is 2.39. The molecule has 2 atom stereocenters. The highest BCUT2D eigenvalue weighted by Crippen LogP contribution is 2.42. The number of carboxylic acid groups (broad SMARTS) is 1. The summed E-state index contributed by atoms with van der Waals surface area (Å²) in [5.41, 5.74) is 1.38. The smallest absolute Gasteiger partial charge is 0.341 e. The molecular weight excluding hydrogens is 242 g/mol. The molecule has 2 N–H and O–H groups in total. The van der Waals surface area contributed by atoms with Gasteiger partial charge >= 0.3 is 5.97 Å². The molecule has 2 unspecified atom stereocenters. The summed E-state index contributed by atoms with van der Waals surface area (Å²) in [6.45, 7) is 0. The minimum absolute atomic E-state index is 0.112. The molecule has 3 rings (SSSR count). The Labute approximate surface area is 110 Å². The van der Waals surface area contributed by atoms with Gasteiger partial charge in [-0.25, -0.2) is 14.8 Å². The Balaban J connectivity index is 1.73. The minimum atomic E-state index is -1.01. The SMILES string of the molecule is O=C(O)c1cncnc1NC1CC1c1ccccc1. The van der Waals surface area contributed by atoms with Crippen LogP contribution < -0.4 is 5.32 Å². The van der Waals surface area contributed by atoms with E-state index < -0.39 is 5.97 Å². The van der Waals surface area contributed by atoms with Crippen LogP contribution in [0.15, 0.2) is 42.9 Å². The van der Waals surface area contributed by atoms with Gasteiger partial charge in [0.05, 0.1) is 0 Å². The van der Waals surface area contributed by atoms with Crippen molar-refractivity contribution in [3.05, 3.63) is 54.0 Å². The lowest BCUT2D eigenvalue weighted by Gasteiger charge is -2.07. The van der Waals surface area contributed by atoms with Crippen molar-refractivity contribution in [3.63, 3.8) is 0 Å². The molecule has 1 aromatic carbocycles. The van der Waals surface area contributed by atoms with Crippen LogP contribution in [0.3, 0.4) is 0 Å². The number of hydrogen-bond donors (Lipinski definition) is 2. The third-order valence-electron chi connectivity index (χ3n) is 3.28. The topological polar surface area (TPSA) is 75.1 Å². The van der Waals surface area contributed by atoms with E-state index in [2.05, 4.69) is 27.4 Å². The maximum Gasteiger partial charge on any atom is 0.341 e. The van der Waals surface area contributed by atoms with Crippen molar-refractivity contribution in [2.24, 2.45) is 0 Å². The van der Waals surface area contributed by atoms with E-state index in [4.69, 9.17) is 5.11 Å². The standard InChI is InChI=1S/C14H13N3O2/c18-14(19)11-7-15-8-16-13(11)17-12-6-10(12)9-4-2-1-3-5-9/h1-5,7-8,10,12H,6H2,(H,18,19)(H,15,16,17). The van der Waals surface area contributed by atoms with Gasteiger partial charge in [-0.2, -0.15) is 0 Å². The zero-order chi connectivity index (χ0) is 13.2. The second-order valence-electron chi connectivity index (χ2n) is 4.59. The molecule has 5 heteroatoms. The maximum absolute atomic E-state index is 11.1. The Morgan fingerprint density at radius 2 is 2.11 bits per heavy atom. The summed E-state index contributed by atoms with van der Waals surface area (Å²) in [5.74, 6) is -0.191. The monoisotopic (exact) mass is 255 g/mol. The molecule has 1 aliphatic carbocycles. The number of rotatable bonds is 4. The van der Waals surface area contributed by atoms with Gasteiger partial charge < -0.3 is 10.4 Å². The van der Waals surface area contributed by atoms with Crippen LogP contribution in [-0.4, -0.2) is 27.1 Å². The Kier molecular flexibility index (Phi) is 2.87. The fraction of sp³-hybridized carbons (Fsp3) is 0.214.